The highest BCUT2D eigenvalue weighted by Crippen LogP contribution is 2.14. The number of unbranched alkanes of at least 4 members (excludes halogenated alkanes) is 4. The Morgan fingerprint density at radius 2 is 1.70 bits per heavy atom. The van der Waals surface area contributed by atoms with Gasteiger partial charge in [0.15, 0.2) is 0 Å². The molecule has 0 atom stereocenters. The van der Waals surface area contributed by atoms with Crippen molar-refractivity contribution in [3.8, 4) is 5.75 Å². The minimum absolute atomic E-state index is 0.322. The number of hydrogen-bond acceptors (Lipinski definition) is 4. The molecule has 0 amide bonds. The molecule has 0 unspecified atom stereocenters. The first-order chi connectivity index (χ1) is 9.63. The Bertz CT molecular complexity index is 428. The fourth-order valence-corrected chi connectivity index (χ4v) is 1.77. The number of hydrogen-bond donors (Lipinski definition) is 0. The fraction of sp³-hybridized carbons (Fsp3) is 0.467. The second-order valence-electron chi connectivity index (χ2n) is 4.41. The Morgan fingerprint density at radius 1 is 1.05 bits per heavy atom. The van der Waals surface area contributed by atoms with Gasteiger partial charge in [-0.3, -0.25) is 4.79 Å². The van der Waals surface area contributed by atoms with Crippen molar-refractivity contribution in [1.82, 2.24) is 0 Å². The molecule has 5 heteroatoms. The van der Waals surface area contributed by atoms with Gasteiger partial charge in [-0.2, -0.15) is 0 Å². The van der Waals surface area contributed by atoms with Crippen LogP contribution in [-0.4, -0.2) is 18.0 Å². The van der Waals surface area contributed by atoms with Crippen molar-refractivity contribution in [2.24, 2.45) is 0 Å². The average molecular weight is 299 g/mol. The van der Waals surface area contributed by atoms with Gasteiger partial charge in [-0.15, -0.1) is 0 Å². The highest BCUT2D eigenvalue weighted by molar-refractivity contribution is 6.67. The molecule has 0 saturated heterocycles. The highest BCUT2D eigenvalue weighted by Gasteiger charge is 2.07. The van der Waals surface area contributed by atoms with E-state index in [1.54, 1.807) is 0 Å². The molecule has 0 saturated carbocycles. The first-order valence-electron chi connectivity index (χ1n) is 6.78. The molecule has 4 nitrogen and oxygen atoms in total. The average Bonchev–Trinajstić information content (AvgIpc) is 2.43. The molecule has 0 heterocycles. The molecule has 20 heavy (non-hydrogen) atoms. The van der Waals surface area contributed by atoms with E-state index in [1.807, 2.05) is 0 Å². The van der Waals surface area contributed by atoms with Gasteiger partial charge >= 0.3 is 6.16 Å². The number of carbonyl (C=O) groups is 2. The topological polar surface area (TPSA) is 52.6 Å². The smallest absolute Gasteiger partial charge is 0.434 e. The third kappa shape index (κ3) is 6.57. The Labute approximate surface area is 124 Å². The third-order valence-corrected chi connectivity index (χ3v) is 2.97. The van der Waals surface area contributed by atoms with Crippen molar-refractivity contribution in [3.63, 3.8) is 0 Å². The SMILES string of the molecule is CCCCCCCOC(=O)Oc1ccc(C(=O)Cl)cc1. The number of benzene rings is 1. The summed E-state index contributed by atoms with van der Waals surface area (Å²) in [4.78, 5) is 22.2. The van der Waals surface area contributed by atoms with Crippen LogP contribution in [0.5, 0.6) is 5.75 Å². The van der Waals surface area contributed by atoms with Gasteiger partial charge in [-0.05, 0) is 42.3 Å². The predicted octanol–water partition coefficient (Wildman–Crippen LogP) is 4.55. The van der Waals surface area contributed by atoms with Gasteiger partial charge in [0.25, 0.3) is 5.24 Å². The summed E-state index contributed by atoms with van der Waals surface area (Å²) in [5.74, 6) is 0.322. The maximum absolute atomic E-state index is 11.4. The van der Waals surface area contributed by atoms with Crippen LogP contribution in [0.15, 0.2) is 24.3 Å². The van der Waals surface area contributed by atoms with E-state index in [2.05, 4.69) is 6.92 Å². The summed E-state index contributed by atoms with van der Waals surface area (Å²) in [5.41, 5.74) is 0.350. The normalized spacial score (nSPS) is 10.1. The molecule has 0 aliphatic rings. The van der Waals surface area contributed by atoms with Crippen molar-refractivity contribution in [2.75, 3.05) is 6.61 Å². The molecule has 0 aliphatic heterocycles. The van der Waals surface area contributed by atoms with Crippen molar-refractivity contribution in [1.29, 1.82) is 0 Å². The van der Waals surface area contributed by atoms with Gasteiger partial charge in [0.05, 0.1) is 6.61 Å². The fourth-order valence-electron chi connectivity index (χ4n) is 1.64. The van der Waals surface area contributed by atoms with E-state index in [0.29, 0.717) is 17.9 Å². The second kappa shape index (κ2) is 9.37. The first kappa shape index (κ1) is 16.5. The summed E-state index contributed by atoms with van der Waals surface area (Å²) in [6.45, 7) is 2.51. The molecule has 0 bridgehead atoms. The van der Waals surface area contributed by atoms with Crippen LogP contribution in [0.25, 0.3) is 0 Å². The van der Waals surface area contributed by atoms with Gasteiger partial charge in [-0.1, -0.05) is 32.6 Å². The predicted molar refractivity (Wildman–Crippen MR) is 77.4 cm³/mol. The van der Waals surface area contributed by atoms with Crippen molar-refractivity contribution >= 4 is 23.0 Å². The summed E-state index contributed by atoms with van der Waals surface area (Å²) in [5, 5.41) is -0.550. The van der Waals surface area contributed by atoms with Crippen LogP contribution in [0.4, 0.5) is 4.79 Å². The van der Waals surface area contributed by atoms with Crippen LogP contribution < -0.4 is 4.74 Å². The van der Waals surface area contributed by atoms with Crippen LogP contribution in [0.3, 0.4) is 0 Å². The Balaban J connectivity index is 2.23. The van der Waals surface area contributed by atoms with E-state index in [1.165, 1.54) is 37.1 Å². The first-order valence-corrected chi connectivity index (χ1v) is 7.15. The largest absolute Gasteiger partial charge is 0.513 e. The molecule has 0 radical (unpaired) electrons. The lowest BCUT2D eigenvalue weighted by Crippen LogP contribution is -2.11. The Kier molecular flexibility index (Phi) is 7.73. The number of rotatable bonds is 8. The molecule has 0 aliphatic carbocycles. The van der Waals surface area contributed by atoms with Crippen LogP contribution in [0.1, 0.15) is 49.4 Å². The summed E-state index contributed by atoms with van der Waals surface area (Å²) in [7, 11) is 0. The molecule has 1 rings (SSSR count). The van der Waals surface area contributed by atoms with Crippen molar-refractivity contribution in [2.45, 2.75) is 39.0 Å². The lowest BCUT2D eigenvalue weighted by Gasteiger charge is -2.06. The molecule has 1 aromatic carbocycles. The molecular weight excluding hydrogens is 280 g/mol. The van der Waals surface area contributed by atoms with Crippen molar-refractivity contribution < 1.29 is 19.1 Å². The zero-order valence-electron chi connectivity index (χ0n) is 11.6. The Hall–Kier alpha value is -1.55. The standard InChI is InChI=1S/C15H19ClO4/c1-2-3-4-5-6-11-19-15(18)20-13-9-7-12(8-10-13)14(16)17/h7-10H,2-6,11H2,1H3. The molecule has 0 spiro atoms. The van der Waals surface area contributed by atoms with Gasteiger partial charge < -0.3 is 9.47 Å². The van der Waals surface area contributed by atoms with Gasteiger partial charge in [-0.25, -0.2) is 4.79 Å². The number of halogens is 1. The monoisotopic (exact) mass is 298 g/mol. The lowest BCUT2D eigenvalue weighted by molar-refractivity contribution is 0.0973. The zero-order valence-corrected chi connectivity index (χ0v) is 12.3. The van der Waals surface area contributed by atoms with E-state index >= 15 is 0 Å². The maximum Gasteiger partial charge on any atom is 0.513 e. The lowest BCUT2D eigenvalue weighted by atomic mass is 10.2. The quantitative estimate of drug-likeness (QED) is 0.306. The molecule has 0 aromatic heterocycles. The van der Waals surface area contributed by atoms with E-state index in [-0.39, 0.29) is 0 Å². The maximum atomic E-state index is 11.4. The molecule has 0 fully saturated rings. The minimum atomic E-state index is -0.731. The zero-order chi connectivity index (χ0) is 14.8. The second-order valence-corrected chi connectivity index (χ2v) is 4.76. The molecular formula is C15H19ClO4. The molecule has 0 N–H and O–H groups in total. The van der Waals surface area contributed by atoms with Crippen LogP contribution >= 0.6 is 11.6 Å². The number of ether oxygens (including phenoxy) is 2. The van der Waals surface area contributed by atoms with Gasteiger partial charge in [0.2, 0.25) is 0 Å². The van der Waals surface area contributed by atoms with Crippen LogP contribution in [0.2, 0.25) is 0 Å². The van der Waals surface area contributed by atoms with E-state index in [0.717, 1.165) is 19.3 Å². The van der Waals surface area contributed by atoms with E-state index in [9.17, 15) is 9.59 Å². The molecule has 110 valence electrons. The van der Waals surface area contributed by atoms with E-state index < -0.39 is 11.4 Å². The minimum Gasteiger partial charge on any atom is -0.434 e. The van der Waals surface area contributed by atoms with Gasteiger partial charge in [0.1, 0.15) is 5.75 Å². The summed E-state index contributed by atoms with van der Waals surface area (Å²) in [6.07, 6.45) is 4.70. The van der Waals surface area contributed by atoms with Crippen molar-refractivity contribution in [3.05, 3.63) is 29.8 Å². The highest BCUT2D eigenvalue weighted by atomic mass is 35.5. The summed E-state index contributed by atoms with van der Waals surface area (Å²) < 4.78 is 9.91. The summed E-state index contributed by atoms with van der Waals surface area (Å²) in [6, 6.07) is 5.97. The third-order valence-electron chi connectivity index (χ3n) is 2.75. The Morgan fingerprint density at radius 3 is 2.30 bits per heavy atom. The van der Waals surface area contributed by atoms with Gasteiger partial charge in [0, 0.05) is 5.56 Å². The van der Waals surface area contributed by atoms with Crippen LogP contribution in [-0.2, 0) is 4.74 Å². The van der Waals surface area contributed by atoms with Crippen LogP contribution in [0, 0.1) is 0 Å². The summed E-state index contributed by atoms with van der Waals surface area (Å²) >= 11 is 5.31. The van der Waals surface area contributed by atoms with E-state index in [4.69, 9.17) is 21.1 Å². The molecule has 1 aromatic rings. The number of carbonyl (C=O) groups excluding carboxylic acids is 2.